The van der Waals surface area contributed by atoms with Crippen LogP contribution in [0, 0.1) is 5.92 Å². The zero-order chi connectivity index (χ0) is 14.2. The van der Waals surface area contributed by atoms with E-state index in [1.165, 1.54) is 12.8 Å². The minimum Gasteiger partial charge on any atom is -0.314 e. The first kappa shape index (κ1) is 13.8. The van der Waals surface area contributed by atoms with Crippen molar-refractivity contribution in [1.82, 2.24) is 14.8 Å². The standard InChI is InChI=1S/C16H25N3O/c1-16(2)12-17-14(13-6-7-13)11-19(16)10-9-18-8-4-3-5-15(18)20/h3-5,8,13-14,17H,6-7,9-12H2,1-2H3. The molecular formula is C16H25N3O. The Hall–Kier alpha value is -1.13. The fraction of sp³-hybridized carbons (Fsp3) is 0.688. The van der Waals surface area contributed by atoms with Gasteiger partial charge in [-0.15, -0.1) is 0 Å². The minimum atomic E-state index is 0.0965. The van der Waals surface area contributed by atoms with Crippen LogP contribution in [-0.4, -0.2) is 40.7 Å². The molecule has 3 rings (SSSR count). The lowest BCUT2D eigenvalue weighted by Gasteiger charge is -2.46. The molecule has 1 saturated carbocycles. The lowest BCUT2D eigenvalue weighted by Crippen LogP contribution is -2.63. The third kappa shape index (κ3) is 2.96. The summed E-state index contributed by atoms with van der Waals surface area (Å²) in [6, 6.07) is 6.01. The van der Waals surface area contributed by atoms with Crippen molar-refractivity contribution in [3.63, 3.8) is 0 Å². The van der Waals surface area contributed by atoms with Crippen molar-refractivity contribution >= 4 is 0 Å². The largest absolute Gasteiger partial charge is 0.314 e. The minimum absolute atomic E-state index is 0.0965. The molecule has 1 aliphatic carbocycles. The lowest BCUT2D eigenvalue weighted by molar-refractivity contribution is 0.0572. The zero-order valence-electron chi connectivity index (χ0n) is 12.5. The van der Waals surface area contributed by atoms with E-state index >= 15 is 0 Å². The van der Waals surface area contributed by atoms with Crippen LogP contribution in [0.5, 0.6) is 0 Å². The molecule has 2 aliphatic rings. The molecule has 1 atom stereocenters. The highest BCUT2D eigenvalue weighted by molar-refractivity contribution is 4.99. The summed E-state index contributed by atoms with van der Waals surface area (Å²) in [5.41, 5.74) is 0.267. The van der Waals surface area contributed by atoms with Crippen LogP contribution in [0.15, 0.2) is 29.2 Å². The van der Waals surface area contributed by atoms with Gasteiger partial charge in [0.05, 0.1) is 0 Å². The van der Waals surface area contributed by atoms with Crippen LogP contribution in [0.25, 0.3) is 0 Å². The Kier molecular flexibility index (Phi) is 3.69. The Morgan fingerprint density at radius 1 is 1.30 bits per heavy atom. The van der Waals surface area contributed by atoms with Gasteiger partial charge < -0.3 is 9.88 Å². The van der Waals surface area contributed by atoms with Crippen LogP contribution in [0.4, 0.5) is 0 Å². The maximum absolute atomic E-state index is 11.8. The number of aromatic nitrogens is 1. The summed E-state index contributed by atoms with van der Waals surface area (Å²) in [7, 11) is 0. The van der Waals surface area contributed by atoms with Gasteiger partial charge >= 0.3 is 0 Å². The molecule has 2 heterocycles. The Morgan fingerprint density at radius 2 is 2.10 bits per heavy atom. The number of piperazine rings is 1. The van der Waals surface area contributed by atoms with E-state index in [0.717, 1.165) is 32.1 Å². The third-order valence-corrected chi connectivity index (χ3v) is 4.77. The summed E-state index contributed by atoms with van der Waals surface area (Å²) in [6.45, 7) is 8.45. The predicted molar refractivity (Wildman–Crippen MR) is 80.9 cm³/mol. The number of nitrogens with zero attached hydrogens (tertiary/aromatic N) is 2. The first-order valence-corrected chi connectivity index (χ1v) is 7.70. The molecule has 0 amide bonds. The van der Waals surface area contributed by atoms with Gasteiger partial charge in [0.1, 0.15) is 0 Å². The Balaban J connectivity index is 1.64. The van der Waals surface area contributed by atoms with Crippen molar-refractivity contribution < 1.29 is 0 Å². The molecule has 1 saturated heterocycles. The molecule has 0 radical (unpaired) electrons. The third-order valence-electron chi connectivity index (χ3n) is 4.77. The predicted octanol–water partition coefficient (Wildman–Crippen LogP) is 1.31. The quantitative estimate of drug-likeness (QED) is 0.900. The molecule has 0 spiro atoms. The number of pyridine rings is 1. The molecule has 0 bridgehead atoms. The molecule has 20 heavy (non-hydrogen) atoms. The van der Waals surface area contributed by atoms with Crippen molar-refractivity contribution in [2.75, 3.05) is 19.6 Å². The van der Waals surface area contributed by atoms with Crippen molar-refractivity contribution in [1.29, 1.82) is 0 Å². The molecule has 110 valence electrons. The first-order chi connectivity index (χ1) is 9.56. The number of hydrogen-bond donors (Lipinski definition) is 1. The van der Waals surface area contributed by atoms with Gasteiger partial charge in [0.15, 0.2) is 0 Å². The second-order valence-electron chi connectivity index (χ2n) is 6.82. The van der Waals surface area contributed by atoms with Crippen molar-refractivity contribution in [2.24, 2.45) is 5.92 Å². The van der Waals surface area contributed by atoms with E-state index in [2.05, 4.69) is 24.1 Å². The second kappa shape index (κ2) is 5.34. The van der Waals surface area contributed by atoms with Gasteiger partial charge in [-0.25, -0.2) is 0 Å². The maximum atomic E-state index is 11.8. The Morgan fingerprint density at radius 3 is 2.80 bits per heavy atom. The fourth-order valence-corrected chi connectivity index (χ4v) is 3.12. The van der Waals surface area contributed by atoms with E-state index in [1.807, 2.05) is 16.8 Å². The average Bonchev–Trinajstić information content (AvgIpc) is 3.23. The number of rotatable bonds is 4. The second-order valence-corrected chi connectivity index (χ2v) is 6.82. The van der Waals surface area contributed by atoms with Crippen molar-refractivity contribution in [3.05, 3.63) is 34.7 Å². The van der Waals surface area contributed by atoms with Crippen LogP contribution >= 0.6 is 0 Å². The molecular weight excluding hydrogens is 250 g/mol. The summed E-state index contributed by atoms with van der Waals surface area (Å²) >= 11 is 0. The molecule has 1 aromatic rings. The topological polar surface area (TPSA) is 37.3 Å². The molecule has 0 aromatic carbocycles. The Labute approximate surface area is 120 Å². The summed E-state index contributed by atoms with van der Waals surface area (Å²) in [4.78, 5) is 14.3. The molecule has 1 unspecified atom stereocenters. The van der Waals surface area contributed by atoms with Gasteiger partial charge in [-0.3, -0.25) is 9.69 Å². The van der Waals surface area contributed by atoms with Crippen LogP contribution in [0.1, 0.15) is 26.7 Å². The van der Waals surface area contributed by atoms with E-state index in [4.69, 9.17) is 0 Å². The van der Waals surface area contributed by atoms with E-state index in [1.54, 1.807) is 12.1 Å². The van der Waals surface area contributed by atoms with Gasteiger partial charge in [0.2, 0.25) is 0 Å². The normalized spacial score (nSPS) is 26.6. The molecule has 1 aromatic heterocycles. The number of hydrogen-bond acceptors (Lipinski definition) is 3. The van der Waals surface area contributed by atoms with Crippen molar-refractivity contribution in [2.45, 2.75) is 44.8 Å². The van der Waals surface area contributed by atoms with Crippen molar-refractivity contribution in [3.8, 4) is 0 Å². The van der Waals surface area contributed by atoms with Crippen LogP contribution < -0.4 is 10.9 Å². The first-order valence-electron chi connectivity index (χ1n) is 7.70. The van der Waals surface area contributed by atoms with Crippen LogP contribution in [0.3, 0.4) is 0 Å². The molecule has 1 N–H and O–H groups in total. The summed E-state index contributed by atoms with van der Waals surface area (Å²) < 4.78 is 1.81. The molecule has 4 heteroatoms. The van der Waals surface area contributed by atoms with E-state index in [9.17, 15) is 4.79 Å². The summed E-state index contributed by atoms with van der Waals surface area (Å²) in [6.07, 6.45) is 4.64. The Bertz CT molecular complexity index is 518. The average molecular weight is 275 g/mol. The molecule has 1 aliphatic heterocycles. The molecule has 4 nitrogen and oxygen atoms in total. The van der Waals surface area contributed by atoms with Gasteiger partial charge in [-0.2, -0.15) is 0 Å². The maximum Gasteiger partial charge on any atom is 0.250 e. The van der Waals surface area contributed by atoms with Crippen LogP contribution in [-0.2, 0) is 6.54 Å². The highest BCUT2D eigenvalue weighted by Gasteiger charge is 2.39. The van der Waals surface area contributed by atoms with Gasteiger partial charge in [0, 0.05) is 50.0 Å². The highest BCUT2D eigenvalue weighted by Crippen LogP contribution is 2.35. The highest BCUT2D eigenvalue weighted by atomic mass is 16.1. The van der Waals surface area contributed by atoms with Crippen LogP contribution in [0.2, 0.25) is 0 Å². The van der Waals surface area contributed by atoms with E-state index in [-0.39, 0.29) is 11.1 Å². The van der Waals surface area contributed by atoms with Gasteiger partial charge in [-0.1, -0.05) is 6.07 Å². The summed E-state index contributed by atoms with van der Waals surface area (Å²) in [5.74, 6) is 0.882. The van der Waals surface area contributed by atoms with Gasteiger partial charge in [-0.05, 0) is 38.7 Å². The molecule has 2 fully saturated rings. The summed E-state index contributed by atoms with van der Waals surface area (Å²) in [5, 5.41) is 3.70. The fourth-order valence-electron chi connectivity index (χ4n) is 3.12. The smallest absolute Gasteiger partial charge is 0.250 e. The SMILES string of the molecule is CC1(C)CNC(C2CC2)CN1CCn1ccccc1=O. The zero-order valence-corrected chi connectivity index (χ0v) is 12.5. The monoisotopic (exact) mass is 275 g/mol. The lowest BCUT2D eigenvalue weighted by atomic mass is 9.96. The number of nitrogens with one attached hydrogen (secondary N) is 1. The van der Waals surface area contributed by atoms with E-state index in [0.29, 0.717) is 6.04 Å². The van der Waals surface area contributed by atoms with Gasteiger partial charge in [0.25, 0.3) is 5.56 Å². The van der Waals surface area contributed by atoms with E-state index < -0.39 is 0 Å².